The largest absolute Gasteiger partial charge is 0.494 e. The predicted molar refractivity (Wildman–Crippen MR) is 185 cm³/mol. The van der Waals surface area contributed by atoms with Gasteiger partial charge >= 0.3 is 5.69 Å². The summed E-state index contributed by atoms with van der Waals surface area (Å²) >= 11 is 0. The third-order valence-corrected chi connectivity index (χ3v) is 7.57. The maximum absolute atomic E-state index is 14.0. The molecular weight excluding hydrogens is 633 g/mol. The van der Waals surface area contributed by atoms with Gasteiger partial charge in [0.25, 0.3) is 11.5 Å². The average molecular weight is 668 g/mol. The maximum atomic E-state index is 14.0. The Bertz CT molecular complexity index is 2150. The number of carbonyl (C=O) groups excluding carboxylic acids is 1. The second-order valence-electron chi connectivity index (χ2n) is 11.3. The Balaban J connectivity index is 1.56. The first kappa shape index (κ1) is 34.2. The SMILES string of the molecule is CCOc1cc(C)c(-c2nc3ccccc3c(=O)n2N=Cc2cc(OC)c(OCC(=O)Nc3ccccc3F)c([N+](=O)[O-])c2)cc1C(C)C. The highest BCUT2D eigenvalue weighted by Crippen LogP contribution is 2.38. The molecule has 0 spiro atoms. The Hall–Kier alpha value is -6.11. The van der Waals surface area contributed by atoms with Gasteiger partial charge in [0.1, 0.15) is 11.6 Å². The van der Waals surface area contributed by atoms with E-state index in [9.17, 15) is 24.1 Å². The van der Waals surface area contributed by atoms with Crippen LogP contribution in [0.5, 0.6) is 17.2 Å². The van der Waals surface area contributed by atoms with Crippen LogP contribution in [0.15, 0.2) is 82.7 Å². The summed E-state index contributed by atoms with van der Waals surface area (Å²) in [7, 11) is 1.28. The fourth-order valence-electron chi connectivity index (χ4n) is 5.20. The number of hydrogen-bond donors (Lipinski definition) is 1. The number of ether oxygens (including phenoxy) is 3. The van der Waals surface area contributed by atoms with Crippen molar-refractivity contribution < 1.29 is 28.3 Å². The lowest BCUT2D eigenvalue weighted by Gasteiger charge is -2.18. The molecule has 49 heavy (non-hydrogen) atoms. The lowest BCUT2D eigenvalue weighted by atomic mass is 9.96. The molecule has 0 fully saturated rings. The molecule has 1 amide bonds. The van der Waals surface area contributed by atoms with Crippen molar-refractivity contribution in [3.05, 3.63) is 116 Å². The zero-order valence-corrected chi connectivity index (χ0v) is 27.5. The molecule has 13 heteroatoms. The molecule has 5 aromatic rings. The third-order valence-electron chi connectivity index (χ3n) is 7.57. The number of nitro groups is 1. The van der Waals surface area contributed by atoms with Crippen LogP contribution in [0.2, 0.25) is 0 Å². The summed E-state index contributed by atoms with van der Waals surface area (Å²) in [6, 6.07) is 18.9. The molecule has 5 rings (SSSR count). The van der Waals surface area contributed by atoms with E-state index in [1.165, 1.54) is 43.7 Å². The van der Waals surface area contributed by atoms with Gasteiger partial charge in [0.05, 0.1) is 41.4 Å². The standard InChI is InChI=1S/C36H34FN5O7/c1-6-48-31-15-22(4)26(18-25(31)21(2)3)35-40-28-13-9-7-11-24(28)36(44)41(35)38-19-23-16-30(42(45)46)34(32(17-23)47-5)49-20-33(43)39-29-14-10-8-12-27(29)37/h7-19,21H,6,20H2,1-5H3,(H,39,43). The summed E-state index contributed by atoms with van der Waals surface area (Å²) in [5.74, 6) is -0.664. The molecule has 0 aliphatic rings. The number of amides is 1. The van der Waals surface area contributed by atoms with Crippen LogP contribution in [0, 0.1) is 22.9 Å². The minimum atomic E-state index is -0.743. The molecule has 0 saturated carbocycles. The summed E-state index contributed by atoms with van der Waals surface area (Å²) < 4.78 is 31.9. The van der Waals surface area contributed by atoms with Gasteiger partial charge in [-0.05, 0) is 73.4 Å². The molecule has 0 unspecified atom stereocenters. The summed E-state index contributed by atoms with van der Waals surface area (Å²) in [6.45, 7) is 7.70. The predicted octanol–water partition coefficient (Wildman–Crippen LogP) is 6.85. The number of nitro benzene ring substituents is 1. The van der Waals surface area contributed by atoms with Crippen molar-refractivity contribution in [1.82, 2.24) is 9.66 Å². The number of aromatic nitrogens is 2. The number of carbonyl (C=O) groups is 1. The van der Waals surface area contributed by atoms with Crippen molar-refractivity contribution in [2.24, 2.45) is 5.10 Å². The van der Waals surface area contributed by atoms with Crippen LogP contribution in [0.1, 0.15) is 43.4 Å². The molecule has 0 radical (unpaired) electrons. The highest BCUT2D eigenvalue weighted by atomic mass is 19.1. The zero-order valence-electron chi connectivity index (χ0n) is 27.5. The summed E-state index contributed by atoms with van der Waals surface area (Å²) in [4.78, 5) is 42.6. The lowest BCUT2D eigenvalue weighted by molar-refractivity contribution is -0.385. The van der Waals surface area contributed by atoms with Gasteiger partial charge in [-0.15, -0.1) is 0 Å². The van der Waals surface area contributed by atoms with Crippen LogP contribution in [-0.2, 0) is 4.79 Å². The molecule has 252 valence electrons. The number of anilines is 1. The first-order chi connectivity index (χ1) is 23.5. The van der Waals surface area contributed by atoms with Crippen LogP contribution < -0.4 is 25.1 Å². The van der Waals surface area contributed by atoms with Gasteiger partial charge in [-0.1, -0.05) is 38.1 Å². The molecule has 0 bridgehead atoms. The lowest BCUT2D eigenvalue weighted by Crippen LogP contribution is -2.21. The van der Waals surface area contributed by atoms with Gasteiger partial charge in [-0.3, -0.25) is 19.7 Å². The fourth-order valence-corrected chi connectivity index (χ4v) is 5.20. The number of nitrogens with zero attached hydrogens (tertiary/aromatic N) is 4. The van der Waals surface area contributed by atoms with E-state index < -0.39 is 34.5 Å². The third kappa shape index (κ3) is 7.40. The number of nitrogens with one attached hydrogen (secondary N) is 1. The van der Waals surface area contributed by atoms with Gasteiger partial charge in [0, 0.05) is 17.2 Å². The number of aryl methyl sites for hydroxylation is 1. The minimum absolute atomic E-state index is 0.0669. The van der Waals surface area contributed by atoms with Crippen LogP contribution in [0.25, 0.3) is 22.3 Å². The van der Waals surface area contributed by atoms with Gasteiger partial charge in [-0.2, -0.15) is 9.78 Å². The van der Waals surface area contributed by atoms with Crippen molar-refractivity contribution in [2.45, 2.75) is 33.6 Å². The number of hydrogen-bond acceptors (Lipinski definition) is 9. The number of rotatable bonds is 12. The van der Waals surface area contributed by atoms with E-state index in [1.807, 2.05) is 39.8 Å². The molecule has 0 saturated heterocycles. The molecular formula is C36H34FN5O7. The topological polar surface area (TPSA) is 147 Å². The molecule has 0 aliphatic heterocycles. The number of para-hydroxylation sites is 2. The molecule has 1 N–H and O–H groups in total. The Morgan fingerprint density at radius 2 is 1.82 bits per heavy atom. The normalized spacial score (nSPS) is 11.2. The van der Waals surface area contributed by atoms with E-state index in [0.29, 0.717) is 23.1 Å². The van der Waals surface area contributed by atoms with Crippen molar-refractivity contribution in [2.75, 3.05) is 25.6 Å². The average Bonchev–Trinajstić information content (AvgIpc) is 3.07. The fraction of sp³-hybridized carbons (Fsp3) is 0.222. The van der Waals surface area contributed by atoms with Gasteiger partial charge in [0.2, 0.25) is 5.75 Å². The van der Waals surface area contributed by atoms with E-state index in [0.717, 1.165) is 21.6 Å². The van der Waals surface area contributed by atoms with Crippen molar-refractivity contribution in [1.29, 1.82) is 0 Å². The first-order valence-corrected chi connectivity index (χ1v) is 15.4. The Morgan fingerprint density at radius 1 is 1.08 bits per heavy atom. The Kier molecular flexibility index (Phi) is 10.3. The summed E-state index contributed by atoms with van der Waals surface area (Å²) in [5.41, 5.74) is 2.04. The van der Waals surface area contributed by atoms with E-state index >= 15 is 0 Å². The second kappa shape index (κ2) is 14.8. The number of halogens is 1. The van der Waals surface area contributed by atoms with Crippen molar-refractivity contribution in [3.63, 3.8) is 0 Å². The Morgan fingerprint density at radius 3 is 2.51 bits per heavy atom. The highest BCUT2D eigenvalue weighted by Gasteiger charge is 2.24. The quantitative estimate of drug-likeness (QED) is 0.0863. The van der Waals surface area contributed by atoms with E-state index in [1.54, 1.807) is 30.3 Å². The summed E-state index contributed by atoms with van der Waals surface area (Å²) in [5, 5.41) is 19.3. The number of methoxy groups -OCH3 is 1. The highest BCUT2D eigenvalue weighted by molar-refractivity contribution is 5.92. The van der Waals surface area contributed by atoms with Crippen LogP contribution >= 0.6 is 0 Å². The first-order valence-electron chi connectivity index (χ1n) is 15.4. The second-order valence-corrected chi connectivity index (χ2v) is 11.3. The van der Waals surface area contributed by atoms with E-state index in [-0.39, 0.29) is 34.5 Å². The van der Waals surface area contributed by atoms with Gasteiger partial charge in [-0.25, -0.2) is 9.37 Å². The number of fused-ring (bicyclic) bond motifs is 1. The van der Waals surface area contributed by atoms with Crippen molar-refractivity contribution in [3.8, 4) is 28.6 Å². The van der Waals surface area contributed by atoms with Crippen molar-refractivity contribution >= 4 is 34.4 Å². The minimum Gasteiger partial charge on any atom is -0.494 e. The maximum Gasteiger partial charge on any atom is 0.315 e. The van der Waals surface area contributed by atoms with E-state index in [4.69, 9.17) is 19.2 Å². The number of benzene rings is 4. The molecule has 12 nitrogen and oxygen atoms in total. The zero-order chi connectivity index (χ0) is 35.2. The van der Waals surface area contributed by atoms with Crippen LogP contribution in [0.4, 0.5) is 15.8 Å². The molecule has 1 aromatic heterocycles. The molecule has 0 atom stereocenters. The summed E-state index contributed by atoms with van der Waals surface area (Å²) in [6.07, 6.45) is 1.28. The van der Waals surface area contributed by atoms with E-state index in [2.05, 4.69) is 10.4 Å². The Labute approximate surface area is 280 Å². The molecule has 4 aromatic carbocycles. The molecule has 0 aliphatic carbocycles. The van der Waals surface area contributed by atoms with Gasteiger partial charge < -0.3 is 19.5 Å². The monoisotopic (exact) mass is 667 g/mol. The van der Waals surface area contributed by atoms with Gasteiger partial charge in [0.15, 0.2) is 18.2 Å². The molecule has 1 heterocycles. The van der Waals surface area contributed by atoms with Crippen LogP contribution in [0.3, 0.4) is 0 Å². The van der Waals surface area contributed by atoms with Crippen LogP contribution in [-0.4, -0.2) is 47.0 Å². The smallest absolute Gasteiger partial charge is 0.315 e.